The average Bonchev–Trinajstić information content (AvgIpc) is 1.99. The van der Waals surface area contributed by atoms with Gasteiger partial charge in [-0.15, -0.1) is 0 Å². The minimum Gasteiger partial charge on any atom is -0.478 e. The molecule has 1 aliphatic carbocycles. The number of nitrogen functional groups attached to an aromatic ring is 1. The predicted octanol–water partition coefficient (Wildman–Crippen LogP) is 2.23. The second-order valence-corrected chi connectivity index (χ2v) is 3.82. The molecule has 0 amide bonds. The van der Waals surface area contributed by atoms with E-state index in [1.54, 1.807) is 6.07 Å². The van der Waals surface area contributed by atoms with Crippen molar-refractivity contribution in [2.24, 2.45) is 0 Å². The van der Waals surface area contributed by atoms with Crippen LogP contribution in [0.1, 0.15) is 41.1 Å². The van der Waals surface area contributed by atoms with Crippen molar-refractivity contribution in [2.75, 3.05) is 5.73 Å². The van der Waals surface area contributed by atoms with Crippen molar-refractivity contribution in [3.05, 3.63) is 29.3 Å². The topological polar surface area (TPSA) is 63.3 Å². The van der Waals surface area contributed by atoms with Crippen LogP contribution in [0.5, 0.6) is 0 Å². The number of hydrogen-bond acceptors (Lipinski definition) is 2. The standard InChI is InChI=1S/C11H13NO2/c12-10-5-8(7-2-1-3-7)4-9(6-10)11(13)14/h4-7H,1-3,12H2,(H,13,14). The van der Waals surface area contributed by atoms with Gasteiger partial charge in [-0.2, -0.15) is 0 Å². The summed E-state index contributed by atoms with van der Waals surface area (Å²) in [5.74, 6) is -0.380. The predicted molar refractivity (Wildman–Crippen MR) is 54.4 cm³/mol. The molecule has 0 unspecified atom stereocenters. The van der Waals surface area contributed by atoms with E-state index in [0.29, 0.717) is 17.2 Å². The fraction of sp³-hybridized carbons (Fsp3) is 0.364. The van der Waals surface area contributed by atoms with Crippen molar-refractivity contribution >= 4 is 11.7 Å². The van der Waals surface area contributed by atoms with Gasteiger partial charge in [0.2, 0.25) is 0 Å². The maximum absolute atomic E-state index is 10.8. The molecule has 14 heavy (non-hydrogen) atoms. The smallest absolute Gasteiger partial charge is 0.335 e. The summed E-state index contributed by atoms with van der Waals surface area (Å²) in [6.07, 6.45) is 3.55. The fourth-order valence-corrected chi connectivity index (χ4v) is 1.78. The second-order valence-electron chi connectivity index (χ2n) is 3.82. The van der Waals surface area contributed by atoms with Crippen LogP contribution in [0.3, 0.4) is 0 Å². The zero-order valence-electron chi connectivity index (χ0n) is 7.86. The van der Waals surface area contributed by atoms with Crippen LogP contribution in [0, 0.1) is 0 Å². The Labute approximate surface area is 82.5 Å². The number of aromatic carboxylic acids is 1. The van der Waals surface area contributed by atoms with Gasteiger partial charge in [0.1, 0.15) is 0 Å². The monoisotopic (exact) mass is 191 g/mol. The molecule has 3 nitrogen and oxygen atoms in total. The van der Waals surface area contributed by atoms with Gasteiger partial charge >= 0.3 is 5.97 Å². The lowest BCUT2D eigenvalue weighted by atomic mass is 9.79. The molecule has 0 radical (unpaired) electrons. The lowest BCUT2D eigenvalue weighted by Crippen LogP contribution is -2.10. The molecule has 3 N–H and O–H groups in total. The Hall–Kier alpha value is -1.51. The third-order valence-corrected chi connectivity index (χ3v) is 2.80. The van der Waals surface area contributed by atoms with E-state index in [4.69, 9.17) is 10.8 Å². The van der Waals surface area contributed by atoms with Crippen molar-refractivity contribution < 1.29 is 9.90 Å². The van der Waals surface area contributed by atoms with Gasteiger partial charge in [0.05, 0.1) is 5.56 Å². The zero-order chi connectivity index (χ0) is 10.1. The van der Waals surface area contributed by atoms with Crippen molar-refractivity contribution in [1.29, 1.82) is 0 Å². The van der Waals surface area contributed by atoms with Gasteiger partial charge in [0.15, 0.2) is 0 Å². The molecular weight excluding hydrogens is 178 g/mol. The van der Waals surface area contributed by atoms with Gasteiger partial charge in [-0.25, -0.2) is 4.79 Å². The van der Waals surface area contributed by atoms with E-state index >= 15 is 0 Å². The summed E-state index contributed by atoms with van der Waals surface area (Å²) in [6.45, 7) is 0. The number of carboxylic acids is 1. The van der Waals surface area contributed by atoms with E-state index in [1.807, 2.05) is 6.07 Å². The number of hydrogen-bond donors (Lipinski definition) is 2. The van der Waals surface area contributed by atoms with Crippen LogP contribution < -0.4 is 5.73 Å². The van der Waals surface area contributed by atoms with E-state index in [9.17, 15) is 4.79 Å². The highest BCUT2D eigenvalue weighted by Crippen LogP contribution is 2.37. The number of carbonyl (C=O) groups is 1. The quantitative estimate of drug-likeness (QED) is 0.704. The number of anilines is 1. The van der Waals surface area contributed by atoms with E-state index in [0.717, 1.165) is 18.4 Å². The highest BCUT2D eigenvalue weighted by Gasteiger charge is 2.20. The van der Waals surface area contributed by atoms with E-state index < -0.39 is 5.97 Å². The third-order valence-electron chi connectivity index (χ3n) is 2.80. The van der Waals surface area contributed by atoms with Crippen LogP contribution >= 0.6 is 0 Å². The lowest BCUT2D eigenvalue weighted by Gasteiger charge is -2.26. The molecule has 0 bridgehead atoms. The van der Waals surface area contributed by atoms with Gasteiger partial charge in [0, 0.05) is 5.69 Å². The lowest BCUT2D eigenvalue weighted by molar-refractivity contribution is 0.0696. The molecule has 1 fully saturated rings. The Morgan fingerprint density at radius 2 is 2.07 bits per heavy atom. The number of benzene rings is 1. The first-order valence-electron chi connectivity index (χ1n) is 4.80. The maximum atomic E-state index is 10.8. The maximum Gasteiger partial charge on any atom is 0.335 e. The van der Waals surface area contributed by atoms with Crippen LogP contribution in [-0.2, 0) is 0 Å². The first kappa shape index (κ1) is 9.06. The summed E-state index contributed by atoms with van der Waals surface area (Å²) in [6, 6.07) is 5.13. The Bertz CT molecular complexity index is 370. The third kappa shape index (κ3) is 1.58. The van der Waals surface area contributed by atoms with Gasteiger partial charge in [-0.1, -0.05) is 6.42 Å². The number of rotatable bonds is 2. The van der Waals surface area contributed by atoms with Crippen molar-refractivity contribution in [2.45, 2.75) is 25.2 Å². The van der Waals surface area contributed by atoms with E-state index in [-0.39, 0.29) is 0 Å². The highest BCUT2D eigenvalue weighted by atomic mass is 16.4. The van der Waals surface area contributed by atoms with E-state index in [2.05, 4.69) is 0 Å². The first-order valence-corrected chi connectivity index (χ1v) is 4.80. The first-order chi connectivity index (χ1) is 6.66. The van der Waals surface area contributed by atoms with Crippen molar-refractivity contribution in [3.8, 4) is 0 Å². The molecule has 1 aromatic carbocycles. The Balaban J connectivity index is 2.35. The molecule has 2 rings (SSSR count). The van der Waals surface area contributed by atoms with Gasteiger partial charge in [-0.05, 0) is 42.5 Å². The van der Waals surface area contributed by atoms with Crippen LogP contribution in [0.25, 0.3) is 0 Å². The second kappa shape index (κ2) is 3.33. The molecule has 0 aromatic heterocycles. The Morgan fingerprint density at radius 1 is 1.36 bits per heavy atom. The minimum atomic E-state index is -0.905. The summed E-state index contributed by atoms with van der Waals surface area (Å²) < 4.78 is 0. The van der Waals surface area contributed by atoms with Crippen LogP contribution in [-0.4, -0.2) is 11.1 Å². The van der Waals surface area contributed by atoms with Crippen LogP contribution in [0.4, 0.5) is 5.69 Å². The molecule has 74 valence electrons. The zero-order valence-corrected chi connectivity index (χ0v) is 7.86. The molecular formula is C11H13NO2. The molecule has 1 aliphatic rings. The molecule has 1 aromatic rings. The highest BCUT2D eigenvalue weighted by molar-refractivity contribution is 5.89. The molecule has 0 atom stereocenters. The van der Waals surface area contributed by atoms with Crippen LogP contribution in [0.15, 0.2) is 18.2 Å². The van der Waals surface area contributed by atoms with E-state index in [1.165, 1.54) is 12.5 Å². The SMILES string of the molecule is Nc1cc(C(=O)O)cc(C2CCC2)c1. The molecule has 1 saturated carbocycles. The number of nitrogens with two attached hydrogens (primary N) is 1. The number of carboxylic acid groups (broad SMARTS) is 1. The largest absolute Gasteiger partial charge is 0.478 e. The molecule has 0 saturated heterocycles. The van der Waals surface area contributed by atoms with Gasteiger partial charge in [-0.3, -0.25) is 0 Å². The Morgan fingerprint density at radius 3 is 2.57 bits per heavy atom. The summed E-state index contributed by atoms with van der Waals surface area (Å²) in [7, 11) is 0. The van der Waals surface area contributed by atoms with Crippen LogP contribution in [0.2, 0.25) is 0 Å². The van der Waals surface area contributed by atoms with Crippen molar-refractivity contribution in [1.82, 2.24) is 0 Å². The normalized spacial score (nSPS) is 16.3. The molecule has 0 heterocycles. The summed E-state index contributed by atoms with van der Waals surface area (Å²) in [5.41, 5.74) is 7.57. The Kier molecular flexibility index (Phi) is 2.15. The average molecular weight is 191 g/mol. The van der Waals surface area contributed by atoms with Crippen molar-refractivity contribution in [3.63, 3.8) is 0 Å². The molecule has 0 spiro atoms. The molecule has 0 aliphatic heterocycles. The minimum absolute atomic E-state index is 0.298. The summed E-state index contributed by atoms with van der Waals surface area (Å²) in [5, 5.41) is 8.85. The summed E-state index contributed by atoms with van der Waals surface area (Å²) >= 11 is 0. The molecule has 3 heteroatoms. The summed E-state index contributed by atoms with van der Waals surface area (Å²) in [4.78, 5) is 10.8. The van der Waals surface area contributed by atoms with Gasteiger partial charge < -0.3 is 10.8 Å². The van der Waals surface area contributed by atoms with Gasteiger partial charge in [0.25, 0.3) is 0 Å². The fourth-order valence-electron chi connectivity index (χ4n) is 1.78.